The number of amides is 1. The van der Waals surface area contributed by atoms with Gasteiger partial charge in [0, 0.05) is 47.5 Å². The molecule has 1 fully saturated rings. The van der Waals surface area contributed by atoms with E-state index >= 15 is 0 Å². The summed E-state index contributed by atoms with van der Waals surface area (Å²) < 4.78 is 7.84. The van der Waals surface area contributed by atoms with Crippen molar-refractivity contribution in [3.05, 3.63) is 84.3 Å². The van der Waals surface area contributed by atoms with E-state index in [0.29, 0.717) is 34.0 Å². The number of aryl methyl sites for hydroxylation is 2. The lowest BCUT2D eigenvalue weighted by Gasteiger charge is -2.15. The molecule has 10 nitrogen and oxygen atoms in total. The molecule has 2 N–H and O–H groups in total. The van der Waals surface area contributed by atoms with Crippen LogP contribution in [0.3, 0.4) is 0 Å². The summed E-state index contributed by atoms with van der Waals surface area (Å²) in [6.07, 6.45) is 10.7. The second kappa shape index (κ2) is 11.3. The van der Waals surface area contributed by atoms with Gasteiger partial charge in [-0.05, 0) is 81.4 Å². The monoisotopic (exact) mass is 558 g/mol. The summed E-state index contributed by atoms with van der Waals surface area (Å²) in [5.41, 5.74) is 4.79. The highest BCUT2D eigenvalue weighted by molar-refractivity contribution is 6.03. The van der Waals surface area contributed by atoms with Crippen molar-refractivity contribution in [2.75, 3.05) is 24.2 Å². The van der Waals surface area contributed by atoms with Crippen molar-refractivity contribution in [1.82, 2.24) is 24.6 Å². The van der Waals surface area contributed by atoms with E-state index in [0.717, 1.165) is 47.1 Å². The van der Waals surface area contributed by atoms with Gasteiger partial charge in [-0.15, -0.1) is 0 Å². The van der Waals surface area contributed by atoms with Gasteiger partial charge in [-0.1, -0.05) is 6.08 Å². The van der Waals surface area contributed by atoms with Crippen LogP contribution in [0.2, 0.25) is 0 Å². The number of hydrogen-bond donors (Lipinski definition) is 2. The van der Waals surface area contributed by atoms with Crippen molar-refractivity contribution >= 4 is 44.9 Å². The maximum absolute atomic E-state index is 12.7. The van der Waals surface area contributed by atoms with E-state index in [4.69, 9.17) is 4.74 Å². The van der Waals surface area contributed by atoms with Gasteiger partial charge in [0.05, 0.1) is 29.2 Å². The molecule has 6 rings (SSSR count). The molecule has 1 amide bonds. The Morgan fingerprint density at radius 1 is 1.10 bits per heavy atom. The van der Waals surface area contributed by atoms with E-state index in [1.165, 1.54) is 0 Å². The number of likely N-dealkylation sites (tertiary alicyclic amines) is 1. The molecular weight excluding hydrogens is 528 g/mol. The zero-order valence-electron chi connectivity index (χ0n) is 23.6. The highest BCUT2D eigenvalue weighted by Crippen LogP contribution is 2.33. The third kappa shape index (κ3) is 5.50. The molecule has 42 heavy (non-hydrogen) atoms. The number of aromatic nitrogens is 4. The Balaban J connectivity index is 1.23. The standard InChI is InChI=1S/C32H30N8O2/c1-20-13-23(7-10-29(20)42-26-14-21-18-36-40(3)32(21)35-19-26)38-31-22(16-33)17-34-28-9-6-24(15-27(28)31)37-30(41)11-8-25-5-4-12-39(25)2/h6-11,13-15,17-19,25H,4-5,12H2,1-3H3,(H,34,38)(H,37,41)/b11-8+/t25-/m1/s1. The predicted molar refractivity (Wildman–Crippen MR) is 163 cm³/mol. The molecular formula is C32H30N8O2. The average Bonchev–Trinajstić information content (AvgIpc) is 3.57. The highest BCUT2D eigenvalue weighted by atomic mass is 16.5. The van der Waals surface area contributed by atoms with Crippen LogP contribution in [-0.4, -0.2) is 50.2 Å². The zero-order valence-corrected chi connectivity index (χ0v) is 23.6. The third-order valence-electron chi connectivity index (χ3n) is 7.52. The molecule has 0 spiro atoms. The molecule has 0 bridgehead atoms. The molecule has 0 aliphatic carbocycles. The molecule has 0 saturated carbocycles. The molecule has 1 aliphatic heterocycles. The van der Waals surface area contributed by atoms with Gasteiger partial charge in [0.15, 0.2) is 5.65 Å². The first-order chi connectivity index (χ1) is 20.4. The lowest BCUT2D eigenvalue weighted by atomic mass is 10.1. The number of carbonyl (C=O) groups is 1. The summed E-state index contributed by atoms with van der Waals surface area (Å²) in [6, 6.07) is 15.6. The SMILES string of the molecule is Cc1cc(Nc2c(C#N)cnc3ccc(NC(=O)/C=C/[C@H]4CCCN4C)cc23)ccc1Oc1cnc2c(cnn2C)c1. The molecule has 0 unspecified atom stereocenters. The van der Waals surface area contributed by atoms with Crippen LogP contribution in [0.5, 0.6) is 11.5 Å². The minimum atomic E-state index is -0.197. The number of hydrogen-bond acceptors (Lipinski definition) is 8. The van der Waals surface area contributed by atoms with E-state index < -0.39 is 0 Å². The molecule has 3 aromatic heterocycles. The van der Waals surface area contributed by atoms with Crippen molar-refractivity contribution in [2.45, 2.75) is 25.8 Å². The van der Waals surface area contributed by atoms with Crippen molar-refractivity contribution in [3.63, 3.8) is 0 Å². The third-order valence-corrected chi connectivity index (χ3v) is 7.52. The number of rotatable bonds is 7. The average molecular weight is 559 g/mol. The van der Waals surface area contributed by atoms with Gasteiger partial charge in [-0.3, -0.25) is 19.4 Å². The first kappa shape index (κ1) is 26.9. The van der Waals surface area contributed by atoms with E-state index in [1.54, 1.807) is 29.3 Å². The maximum atomic E-state index is 12.7. The lowest BCUT2D eigenvalue weighted by Crippen LogP contribution is -2.23. The molecule has 10 heteroatoms. The number of pyridine rings is 2. The number of anilines is 3. The maximum Gasteiger partial charge on any atom is 0.248 e. The fourth-order valence-corrected chi connectivity index (χ4v) is 5.24. The Bertz CT molecular complexity index is 1890. The van der Waals surface area contributed by atoms with Crippen molar-refractivity contribution in [1.29, 1.82) is 5.26 Å². The fourth-order valence-electron chi connectivity index (χ4n) is 5.24. The number of benzene rings is 2. The number of carbonyl (C=O) groups excluding carboxylic acids is 1. The van der Waals surface area contributed by atoms with Crippen LogP contribution < -0.4 is 15.4 Å². The number of likely N-dealkylation sites (N-methyl/N-ethyl adjacent to an activating group) is 1. The Labute approximate surface area is 243 Å². The van der Waals surface area contributed by atoms with Gasteiger partial charge < -0.3 is 15.4 Å². The van der Waals surface area contributed by atoms with Crippen molar-refractivity contribution in [3.8, 4) is 17.6 Å². The molecule has 210 valence electrons. The number of nitriles is 1. The summed E-state index contributed by atoms with van der Waals surface area (Å²) in [7, 11) is 3.92. The molecule has 1 aliphatic rings. The Kier molecular flexibility index (Phi) is 7.25. The van der Waals surface area contributed by atoms with Crippen LogP contribution in [0, 0.1) is 18.3 Å². The van der Waals surface area contributed by atoms with Crippen LogP contribution in [0.25, 0.3) is 21.9 Å². The Hall–Kier alpha value is -5.27. The van der Waals surface area contributed by atoms with Gasteiger partial charge in [-0.25, -0.2) is 4.98 Å². The smallest absolute Gasteiger partial charge is 0.248 e. The van der Waals surface area contributed by atoms with E-state index in [2.05, 4.69) is 43.7 Å². The number of ether oxygens (including phenoxy) is 1. The van der Waals surface area contributed by atoms with E-state index in [1.807, 2.05) is 62.5 Å². The van der Waals surface area contributed by atoms with Crippen LogP contribution in [0.4, 0.5) is 17.1 Å². The van der Waals surface area contributed by atoms with Gasteiger partial charge >= 0.3 is 0 Å². The summed E-state index contributed by atoms with van der Waals surface area (Å²) in [6.45, 7) is 3.00. The minimum Gasteiger partial charge on any atom is -0.455 e. The molecule has 5 aromatic rings. The first-order valence-corrected chi connectivity index (χ1v) is 13.7. The van der Waals surface area contributed by atoms with E-state index in [9.17, 15) is 10.1 Å². The number of nitrogens with one attached hydrogen (secondary N) is 2. The van der Waals surface area contributed by atoms with Gasteiger partial charge in [0.1, 0.15) is 17.6 Å². The number of nitrogens with zero attached hydrogens (tertiary/aromatic N) is 6. The summed E-state index contributed by atoms with van der Waals surface area (Å²) >= 11 is 0. The second-order valence-electron chi connectivity index (χ2n) is 10.5. The van der Waals surface area contributed by atoms with Crippen LogP contribution in [0.1, 0.15) is 24.0 Å². The van der Waals surface area contributed by atoms with Gasteiger partial charge in [0.2, 0.25) is 5.91 Å². The molecule has 1 atom stereocenters. The quantitative estimate of drug-likeness (QED) is 0.240. The van der Waals surface area contributed by atoms with Crippen LogP contribution in [-0.2, 0) is 11.8 Å². The van der Waals surface area contributed by atoms with Crippen molar-refractivity contribution in [2.24, 2.45) is 7.05 Å². The second-order valence-corrected chi connectivity index (χ2v) is 10.5. The topological polar surface area (TPSA) is 121 Å². The van der Waals surface area contributed by atoms with Crippen LogP contribution >= 0.6 is 0 Å². The minimum absolute atomic E-state index is 0.197. The zero-order chi connectivity index (χ0) is 29.2. The van der Waals surface area contributed by atoms with E-state index in [-0.39, 0.29) is 11.9 Å². The highest BCUT2D eigenvalue weighted by Gasteiger charge is 2.18. The number of fused-ring (bicyclic) bond motifs is 2. The molecule has 0 radical (unpaired) electrons. The summed E-state index contributed by atoms with van der Waals surface area (Å²) in [4.78, 5) is 23.8. The first-order valence-electron chi connectivity index (χ1n) is 13.7. The summed E-state index contributed by atoms with van der Waals surface area (Å²) in [5.74, 6) is 1.11. The lowest BCUT2D eigenvalue weighted by molar-refractivity contribution is -0.111. The Morgan fingerprint density at radius 3 is 2.74 bits per heavy atom. The molecule has 1 saturated heterocycles. The predicted octanol–water partition coefficient (Wildman–Crippen LogP) is 5.82. The molecule has 2 aromatic carbocycles. The van der Waals surface area contributed by atoms with Gasteiger partial charge in [-0.2, -0.15) is 10.4 Å². The largest absolute Gasteiger partial charge is 0.455 e. The Morgan fingerprint density at radius 2 is 1.95 bits per heavy atom. The van der Waals surface area contributed by atoms with Crippen molar-refractivity contribution < 1.29 is 9.53 Å². The normalized spacial score (nSPS) is 15.3. The van der Waals surface area contributed by atoms with Gasteiger partial charge in [0.25, 0.3) is 0 Å². The van der Waals surface area contributed by atoms with Crippen LogP contribution in [0.15, 0.2) is 73.2 Å². The summed E-state index contributed by atoms with van der Waals surface area (Å²) in [5, 5.41) is 22.1. The fraction of sp³-hybridized carbons (Fsp3) is 0.219. The molecule has 4 heterocycles.